The number of benzene rings is 1. The van der Waals surface area contributed by atoms with Crippen molar-refractivity contribution in [3.8, 4) is 0 Å². The highest BCUT2D eigenvalue weighted by molar-refractivity contribution is 9.10. The molecule has 0 saturated heterocycles. The monoisotopic (exact) mass is 349 g/mol. The normalized spacial score (nSPS) is 28.8. The van der Waals surface area contributed by atoms with Gasteiger partial charge in [-0.3, -0.25) is 4.79 Å². The number of fused-ring (bicyclic) bond motifs is 1. The smallest absolute Gasteiger partial charge is 0.227 e. The second-order valence-corrected chi connectivity index (χ2v) is 7.68. The third kappa shape index (κ3) is 3.50. The summed E-state index contributed by atoms with van der Waals surface area (Å²) in [6.45, 7) is 2.04. The molecule has 2 aliphatic rings. The summed E-state index contributed by atoms with van der Waals surface area (Å²) < 4.78 is 1.06. The minimum Gasteiger partial charge on any atom is -0.326 e. The second kappa shape index (κ2) is 6.51. The number of rotatable bonds is 2. The van der Waals surface area contributed by atoms with Gasteiger partial charge in [0, 0.05) is 16.1 Å². The van der Waals surface area contributed by atoms with Crippen LogP contribution in [0.15, 0.2) is 22.7 Å². The summed E-state index contributed by atoms with van der Waals surface area (Å²) in [5.41, 5.74) is 2.07. The van der Waals surface area contributed by atoms with Crippen LogP contribution in [0.1, 0.15) is 50.5 Å². The van der Waals surface area contributed by atoms with E-state index < -0.39 is 0 Å². The largest absolute Gasteiger partial charge is 0.326 e. The highest BCUT2D eigenvalue weighted by atomic mass is 79.9. The lowest BCUT2D eigenvalue weighted by Gasteiger charge is -2.38. The summed E-state index contributed by atoms with van der Waals surface area (Å²) in [5, 5.41) is 3.14. The molecule has 3 unspecified atom stereocenters. The Hall–Kier alpha value is -0.830. The van der Waals surface area contributed by atoms with Crippen LogP contribution < -0.4 is 5.32 Å². The van der Waals surface area contributed by atoms with E-state index in [1.54, 1.807) is 0 Å². The third-order valence-corrected chi connectivity index (χ3v) is 5.85. The molecule has 1 N–H and O–H groups in total. The van der Waals surface area contributed by atoms with E-state index in [0.29, 0.717) is 0 Å². The molecule has 0 heterocycles. The zero-order chi connectivity index (χ0) is 14.8. The number of hydrogen-bond acceptors (Lipinski definition) is 1. The molecule has 2 nitrogen and oxygen atoms in total. The summed E-state index contributed by atoms with van der Waals surface area (Å²) in [6.07, 6.45) is 8.92. The van der Waals surface area contributed by atoms with Crippen molar-refractivity contribution in [1.29, 1.82) is 0 Å². The van der Waals surface area contributed by atoms with Gasteiger partial charge in [0.25, 0.3) is 0 Å². The molecule has 1 aromatic carbocycles. The predicted octanol–water partition coefficient (Wildman–Crippen LogP) is 5.30. The average molecular weight is 350 g/mol. The quantitative estimate of drug-likeness (QED) is 0.770. The van der Waals surface area contributed by atoms with Gasteiger partial charge in [-0.25, -0.2) is 0 Å². The van der Waals surface area contributed by atoms with E-state index in [1.807, 2.05) is 25.1 Å². The lowest BCUT2D eigenvalue weighted by Crippen LogP contribution is -2.33. The highest BCUT2D eigenvalue weighted by Gasteiger charge is 2.35. The van der Waals surface area contributed by atoms with Gasteiger partial charge in [0.1, 0.15) is 0 Å². The Bertz CT molecular complexity index is 528. The maximum atomic E-state index is 12.6. The van der Waals surface area contributed by atoms with Gasteiger partial charge in [0.15, 0.2) is 0 Å². The van der Waals surface area contributed by atoms with Gasteiger partial charge in [0.05, 0.1) is 0 Å². The van der Waals surface area contributed by atoms with Gasteiger partial charge in [-0.15, -0.1) is 0 Å². The van der Waals surface area contributed by atoms with E-state index >= 15 is 0 Å². The van der Waals surface area contributed by atoms with E-state index in [2.05, 4.69) is 21.2 Å². The number of anilines is 1. The molecule has 0 spiro atoms. The van der Waals surface area contributed by atoms with E-state index in [-0.39, 0.29) is 11.8 Å². The van der Waals surface area contributed by atoms with Crippen LogP contribution in [0.4, 0.5) is 5.69 Å². The van der Waals surface area contributed by atoms with Crippen LogP contribution in [0, 0.1) is 24.7 Å². The summed E-state index contributed by atoms with van der Waals surface area (Å²) >= 11 is 3.46. The zero-order valence-corrected chi connectivity index (χ0v) is 14.3. The average Bonchev–Trinajstić information content (AvgIpc) is 2.49. The number of carbonyl (C=O) groups is 1. The van der Waals surface area contributed by atoms with E-state index in [9.17, 15) is 4.79 Å². The Morgan fingerprint density at radius 3 is 2.67 bits per heavy atom. The van der Waals surface area contributed by atoms with Gasteiger partial charge < -0.3 is 5.32 Å². The molecule has 1 aromatic rings. The maximum Gasteiger partial charge on any atom is 0.227 e. The van der Waals surface area contributed by atoms with Crippen LogP contribution in [0.5, 0.6) is 0 Å². The first-order valence-corrected chi connectivity index (χ1v) is 9.00. The molecular weight excluding hydrogens is 326 g/mol. The Kier molecular flexibility index (Phi) is 4.68. The number of hydrogen-bond donors (Lipinski definition) is 1. The fraction of sp³-hybridized carbons (Fsp3) is 0.611. The van der Waals surface area contributed by atoms with Crippen molar-refractivity contribution in [3.05, 3.63) is 28.2 Å². The third-order valence-electron chi connectivity index (χ3n) is 5.36. The maximum absolute atomic E-state index is 12.6. The molecule has 114 valence electrons. The Labute approximate surface area is 135 Å². The second-order valence-electron chi connectivity index (χ2n) is 6.76. The number of amides is 1. The van der Waals surface area contributed by atoms with Crippen LogP contribution in [0.3, 0.4) is 0 Å². The van der Waals surface area contributed by atoms with Crippen molar-refractivity contribution in [1.82, 2.24) is 0 Å². The Morgan fingerprint density at radius 2 is 1.90 bits per heavy atom. The van der Waals surface area contributed by atoms with Crippen molar-refractivity contribution in [2.45, 2.75) is 51.9 Å². The fourth-order valence-corrected chi connectivity index (χ4v) is 4.59. The van der Waals surface area contributed by atoms with Crippen LogP contribution in [0.25, 0.3) is 0 Å². The van der Waals surface area contributed by atoms with Gasteiger partial charge in [-0.2, -0.15) is 0 Å². The van der Waals surface area contributed by atoms with Crippen molar-refractivity contribution in [2.75, 3.05) is 5.32 Å². The fourth-order valence-electron chi connectivity index (χ4n) is 4.11. The first kappa shape index (κ1) is 15.1. The Balaban J connectivity index is 1.63. The number of carbonyl (C=O) groups excluding carboxylic acids is 1. The molecule has 0 radical (unpaired) electrons. The first-order chi connectivity index (χ1) is 10.1. The molecule has 1 amide bonds. The topological polar surface area (TPSA) is 29.1 Å². The van der Waals surface area contributed by atoms with E-state index in [0.717, 1.165) is 40.4 Å². The van der Waals surface area contributed by atoms with Gasteiger partial charge in [0.2, 0.25) is 5.91 Å². The van der Waals surface area contributed by atoms with Crippen molar-refractivity contribution in [2.24, 2.45) is 17.8 Å². The zero-order valence-electron chi connectivity index (χ0n) is 12.7. The summed E-state index contributed by atoms with van der Waals surface area (Å²) in [6, 6.07) is 6.03. The van der Waals surface area contributed by atoms with Crippen molar-refractivity contribution in [3.63, 3.8) is 0 Å². The lowest BCUT2D eigenvalue weighted by molar-refractivity contribution is -0.122. The van der Waals surface area contributed by atoms with Crippen LogP contribution >= 0.6 is 15.9 Å². The molecule has 0 aliphatic heterocycles. The Morgan fingerprint density at radius 1 is 1.14 bits per heavy atom. The molecule has 3 rings (SSSR count). The van der Waals surface area contributed by atoms with Gasteiger partial charge >= 0.3 is 0 Å². The molecular formula is C18H24BrNO. The standard InChI is InChI=1S/C18H24BrNO/c1-12-10-16(19)8-9-17(12)20-18(21)15-7-6-13-4-2-3-5-14(13)11-15/h8-10,13-15H,2-7,11H2,1H3,(H,20,21). The summed E-state index contributed by atoms with van der Waals surface area (Å²) in [4.78, 5) is 12.6. The van der Waals surface area contributed by atoms with E-state index in [1.165, 1.54) is 32.1 Å². The number of aryl methyl sites for hydroxylation is 1. The van der Waals surface area contributed by atoms with Crippen LogP contribution in [0.2, 0.25) is 0 Å². The lowest BCUT2D eigenvalue weighted by atomic mass is 9.67. The summed E-state index contributed by atoms with van der Waals surface area (Å²) in [7, 11) is 0. The molecule has 0 aromatic heterocycles. The van der Waals surface area contributed by atoms with Crippen molar-refractivity contribution >= 4 is 27.5 Å². The molecule has 3 atom stereocenters. The molecule has 21 heavy (non-hydrogen) atoms. The summed E-state index contributed by atoms with van der Waals surface area (Å²) in [5.74, 6) is 2.14. The van der Waals surface area contributed by atoms with Gasteiger partial charge in [-0.1, -0.05) is 41.6 Å². The number of halogens is 1. The minimum absolute atomic E-state index is 0.215. The van der Waals surface area contributed by atoms with E-state index in [4.69, 9.17) is 0 Å². The molecule has 3 heteroatoms. The highest BCUT2D eigenvalue weighted by Crippen LogP contribution is 2.43. The van der Waals surface area contributed by atoms with Crippen LogP contribution in [-0.4, -0.2) is 5.91 Å². The van der Waals surface area contributed by atoms with Crippen molar-refractivity contribution < 1.29 is 4.79 Å². The minimum atomic E-state index is 0.215. The van der Waals surface area contributed by atoms with Crippen LogP contribution in [-0.2, 0) is 4.79 Å². The number of nitrogens with one attached hydrogen (secondary N) is 1. The first-order valence-electron chi connectivity index (χ1n) is 8.20. The molecule has 2 saturated carbocycles. The molecule has 2 fully saturated rings. The van der Waals surface area contributed by atoms with Gasteiger partial charge in [-0.05, 0) is 61.8 Å². The molecule has 0 bridgehead atoms. The SMILES string of the molecule is Cc1cc(Br)ccc1NC(=O)C1CCC2CCCCC2C1. The predicted molar refractivity (Wildman–Crippen MR) is 90.3 cm³/mol. The molecule has 2 aliphatic carbocycles.